The van der Waals surface area contributed by atoms with E-state index in [0.717, 1.165) is 22.0 Å². The van der Waals surface area contributed by atoms with Crippen LogP contribution in [0.1, 0.15) is 15.9 Å². The second-order valence-electron chi connectivity index (χ2n) is 9.61. The second kappa shape index (κ2) is 10.9. The Morgan fingerprint density at radius 2 is 1.71 bits per heavy atom. The summed E-state index contributed by atoms with van der Waals surface area (Å²) in [5.41, 5.74) is 4.17. The number of carbonyl (C=O) groups excluding carboxylic acids is 1. The molecule has 5 aromatic rings. The Balaban J connectivity index is 1.20. The standard InChI is InChI=1S/C29H25N7O4S/c1-18-15-23-24(33-35(32-23)25-8-4-6-19-5-2-3-7-21(19)25)17-22(18)30-29(41)31-28(37)20-9-10-26(27(16-20)36(38)39)34-11-13-40-14-12-34/h2-10,15-17H,11-14H2,1H3,(H2,30,31,37,41). The number of aromatic nitrogens is 3. The number of nitrogens with zero attached hydrogens (tertiary/aromatic N) is 5. The van der Waals surface area contributed by atoms with E-state index in [-0.39, 0.29) is 16.4 Å². The number of hydrogen-bond donors (Lipinski definition) is 2. The van der Waals surface area contributed by atoms with Gasteiger partial charge in [-0.05, 0) is 60.4 Å². The van der Waals surface area contributed by atoms with Crippen molar-refractivity contribution in [3.63, 3.8) is 0 Å². The Bertz CT molecular complexity index is 1830. The summed E-state index contributed by atoms with van der Waals surface area (Å²) in [5.74, 6) is -0.556. The van der Waals surface area contributed by atoms with Gasteiger partial charge in [-0.3, -0.25) is 20.2 Å². The third-order valence-electron chi connectivity index (χ3n) is 6.97. The van der Waals surface area contributed by atoms with Crippen LogP contribution in [-0.4, -0.2) is 57.2 Å². The SMILES string of the molecule is Cc1cc2nn(-c3cccc4ccccc34)nc2cc1NC(=S)NC(=O)c1ccc(N2CCOCC2)c([N+](=O)[O-])c1. The number of amides is 1. The number of benzene rings is 4. The van der Waals surface area contributed by atoms with Crippen LogP contribution in [0.25, 0.3) is 27.5 Å². The van der Waals surface area contributed by atoms with Gasteiger partial charge in [-0.2, -0.15) is 0 Å². The molecule has 1 saturated heterocycles. The number of anilines is 2. The second-order valence-corrected chi connectivity index (χ2v) is 10.0. The smallest absolute Gasteiger partial charge is 0.293 e. The van der Waals surface area contributed by atoms with Crippen molar-refractivity contribution >= 4 is 62.1 Å². The number of aryl methyl sites for hydroxylation is 1. The minimum Gasteiger partial charge on any atom is -0.378 e. The molecule has 1 aliphatic heterocycles. The molecule has 6 rings (SSSR count). The Kier molecular flexibility index (Phi) is 7.00. The molecule has 206 valence electrons. The molecule has 0 spiro atoms. The topological polar surface area (TPSA) is 127 Å². The van der Waals surface area contributed by atoms with E-state index in [2.05, 4.69) is 20.8 Å². The zero-order chi connectivity index (χ0) is 28.5. The summed E-state index contributed by atoms with van der Waals surface area (Å²) in [6.45, 7) is 3.96. The summed E-state index contributed by atoms with van der Waals surface area (Å²) >= 11 is 5.40. The summed E-state index contributed by atoms with van der Waals surface area (Å²) in [4.78, 5) is 27.7. The van der Waals surface area contributed by atoms with E-state index in [9.17, 15) is 14.9 Å². The van der Waals surface area contributed by atoms with Crippen LogP contribution >= 0.6 is 12.2 Å². The summed E-state index contributed by atoms with van der Waals surface area (Å²) in [6.07, 6.45) is 0. The van der Waals surface area contributed by atoms with Crippen molar-refractivity contribution in [1.82, 2.24) is 20.3 Å². The van der Waals surface area contributed by atoms with Crippen molar-refractivity contribution in [3.05, 3.63) is 94.0 Å². The maximum atomic E-state index is 13.0. The maximum absolute atomic E-state index is 13.0. The lowest BCUT2D eigenvalue weighted by molar-refractivity contribution is -0.384. The lowest BCUT2D eigenvalue weighted by atomic mass is 10.1. The van der Waals surface area contributed by atoms with Gasteiger partial charge in [0.25, 0.3) is 11.6 Å². The van der Waals surface area contributed by atoms with E-state index in [1.807, 2.05) is 66.4 Å². The lowest BCUT2D eigenvalue weighted by Crippen LogP contribution is -2.37. The Hall–Kier alpha value is -4.94. The fourth-order valence-electron chi connectivity index (χ4n) is 4.90. The molecule has 0 aliphatic carbocycles. The molecule has 0 unspecified atom stereocenters. The normalized spacial score (nSPS) is 13.3. The van der Waals surface area contributed by atoms with Gasteiger partial charge in [-0.15, -0.1) is 15.0 Å². The molecule has 2 heterocycles. The number of nitro groups is 1. The molecule has 0 bridgehead atoms. The van der Waals surface area contributed by atoms with E-state index < -0.39 is 10.8 Å². The highest BCUT2D eigenvalue weighted by Gasteiger charge is 2.24. The fraction of sp³-hybridized carbons (Fsp3) is 0.172. The first-order valence-corrected chi connectivity index (χ1v) is 13.4. The lowest BCUT2D eigenvalue weighted by Gasteiger charge is -2.28. The minimum absolute atomic E-state index is 0.0544. The van der Waals surface area contributed by atoms with Crippen molar-refractivity contribution in [2.75, 3.05) is 36.5 Å². The van der Waals surface area contributed by atoms with Gasteiger partial charge in [0.2, 0.25) is 0 Å². The Morgan fingerprint density at radius 3 is 2.49 bits per heavy atom. The van der Waals surface area contributed by atoms with E-state index in [1.54, 1.807) is 16.9 Å². The van der Waals surface area contributed by atoms with Crippen molar-refractivity contribution in [2.24, 2.45) is 0 Å². The van der Waals surface area contributed by atoms with E-state index in [4.69, 9.17) is 17.0 Å². The van der Waals surface area contributed by atoms with Crippen molar-refractivity contribution in [3.8, 4) is 5.69 Å². The number of fused-ring (bicyclic) bond motifs is 2. The molecule has 1 aromatic heterocycles. The average Bonchev–Trinajstić information content (AvgIpc) is 3.39. The highest BCUT2D eigenvalue weighted by atomic mass is 32.1. The van der Waals surface area contributed by atoms with Gasteiger partial charge in [-0.25, -0.2) is 0 Å². The molecule has 2 N–H and O–H groups in total. The van der Waals surface area contributed by atoms with E-state index in [1.165, 1.54) is 6.07 Å². The highest BCUT2D eigenvalue weighted by molar-refractivity contribution is 7.80. The number of carbonyl (C=O) groups is 1. The minimum atomic E-state index is -0.556. The molecule has 1 aliphatic rings. The number of rotatable bonds is 5. The van der Waals surface area contributed by atoms with Gasteiger partial charge in [0, 0.05) is 35.8 Å². The van der Waals surface area contributed by atoms with Gasteiger partial charge in [-0.1, -0.05) is 36.4 Å². The molecule has 12 heteroatoms. The number of ether oxygens (including phenoxy) is 1. The van der Waals surface area contributed by atoms with Crippen molar-refractivity contribution < 1.29 is 14.5 Å². The van der Waals surface area contributed by atoms with Gasteiger partial charge in [0.05, 0.1) is 23.8 Å². The number of thiocarbonyl (C=S) groups is 1. The van der Waals surface area contributed by atoms with Gasteiger partial charge >= 0.3 is 0 Å². The third-order valence-corrected chi connectivity index (χ3v) is 7.17. The zero-order valence-electron chi connectivity index (χ0n) is 22.0. The van der Waals surface area contributed by atoms with Crippen LogP contribution in [-0.2, 0) is 4.74 Å². The first kappa shape index (κ1) is 26.3. The molecule has 0 radical (unpaired) electrons. The zero-order valence-corrected chi connectivity index (χ0v) is 22.9. The first-order valence-electron chi connectivity index (χ1n) is 13.0. The van der Waals surface area contributed by atoms with Crippen LogP contribution in [0, 0.1) is 17.0 Å². The van der Waals surface area contributed by atoms with Crippen molar-refractivity contribution in [2.45, 2.75) is 6.92 Å². The predicted octanol–water partition coefficient (Wildman–Crippen LogP) is 4.75. The first-order chi connectivity index (χ1) is 19.9. The van der Waals surface area contributed by atoms with Gasteiger partial charge in [0.1, 0.15) is 16.7 Å². The fourth-order valence-corrected chi connectivity index (χ4v) is 5.11. The maximum Gasteiger partial charge on any atom is 0.293 e. The Morgan fingerprint density at radius 1 is 0.976 bits per heavy atom. The molecular weight excluding hydrogens is 542 g/mol. The summed E-state index contributed by atoms with van der Waals surface area (Å²) in [7, 11) is 0. The van der Waals surface area contributed by atoms with Gasteiger partial charge < -0.3 is 15.0 Å². The summed E-state index contributed by atoms with van der Waals surface area (Å²) in [5, 5.41) is 29.0. The summed E-state index contributed by atoms with van der Waals surface area (Å²) < 4.78 is 5.34. The van der Waals surface area contributed by atoms with Crippen LogP contribution in [0.5, 0.6) is 0 Å². The Labute approximate surface area is 239 Å². The number of morpholine rings is 1. The van der Waals surface area contributed by atoms with E-state index in [0.29, 0.717) is 48.7 Å². The molecule has 1 fully saturated rings. The monoisotopic (exact) mass is 567 g/mol. The third kappa shape index (κ3) is 5.30. The van der Waals surface area contributed by atoms with Crippen LogP contribution < -0.4 is 15.5 Å². The molecule has 41 heavy (non-hydrogen) atoms. The number of nitrogens with one attached hydrogen (secondary N) is 2. The molecule has 0 atom stereocenters. The van der Waals surface area contributed by atoms with Crippen LogP contribution in [0.2, 0.25) is 0 Å². The molecule has 1 amide bonds. The van der Waals surface area contributed by atoms with E-state index >= 15 is 0 Å². The largest absolute Gasteiger partial charge is 0.378 e. The van der Waals surface area contributed by atoms with Crippen LogP contribution in [0.4, 0.5) is 17.1 Å². The molecule has 11 nitrogen and oxygen atoms in total. The van der Waals surface area contributed by atoms with Crippen molar-refractivity contribution in [1.29, 1.82) is 0 Å². The van der Waals surface area contributed by atoms with Gasteiger partial charge in [0.15, 0.2) is 5.11 Å². The predicted molar refractivity (Wildman–Crippen MR) is 161 cm³/mol. The van der Waals surface area contributed by atoms with Crippen LogP contribution in [0.3, 0.4) is 0 Å². The highest BCUT2D eigenvalue weighted by Crippen LogP contribution is 2.30. The van der Waals surface area contributed by atoms with Crippen LogP contribution in [0.15, 0.2) is 72.8 Å². The molecule has 0 saturated carbocycles. The molecule has 4 aromatic carbocycles. The summed E-state index contributed by atoms with van der Waals surface area (Å²) in [6, 6.07) is 22.1. The number of nitro benzene ring substituents is 1. The molecular formula is C29H25N7O4S. The quantitative estimate of drug-likeness (QED) is 0.176. The average molecular weight is 568 g/mol. The number of hydrogen-bond acceptors (Lipinski definition) is 8.